The van der Waals surface area contributed by atoms with Crippen molar-refractivity contribution in [3.63, 3.8) is 0 Å². The number of ether oxygens (including phenoxy) is 1. The van der Waals surface area contributed by atoms with Gasteiger partial charge in [0.2, 0.25) is 0 Å². The largest absolute Gasteiger partial charge is 0.459 e. The summed E-state index contributed by atoms with van der Waals surface area (Å²) >= 11 is 3.25. The third-order valence-corrected chi connectivity index (χ3v) is 4.02. The van der Waals surface area contributed by atoms with E-state index in [0.717, 1.165) is 23.9 Å². The molecule has 3 nitrogen and oxygen atoms in total. The topological polar surface area (TPSA) is 39.2 Å². The summed E-state index contributed by atoms with van der Waals surface area (Å²) in [6.07, 6.45) is 7.23. The summed E-state index contributed by atoms with van der Waals surface area (Å²) in [5, 5.41) is 0. The predicted octanol–water partition coefficient (Wildman–Crippen LogP) is 3.97. The van der Waals surface area contributed by atoms with E-state index in [-0.39, 0.29) is 12.1 Å². The standard InChI is InChI=1S/C14H18BrNO2/c1-2-10-4-3-5-12(8-10)18-14(17)11-6-7-13(15)16-9-11/h6-7,9-10,12H,2-5,8H2,1H3. The van der Waals surface area contributed by atoms with Gasteiger partial charge in [0, 0.05) is 6.20 Å². The molecule has 2 unspecified atom stereocenters. The maximum atomic E-state index is 11.9. The van der Waals surface area contributed by atoms with E-state index in [1.807, 2.05) is 0 Å². The molecule has 1 heterocycles. The first-order chi connectivity index (χ1) is 8.69. The molecule has 0 amide bonds. The lowest BCUT2D eigenvalue weighted by molar-refractivity contribution is 0.0139. The summed E-state index contributed by atoms with van der Waals surface area (Å²) in [6.45, 7) is 2.20. The lowest BCUT2D eigenvalue weighted by Gasteiger charge is -2.28. The van der Waals surface area contributed by atoms with Crippen LogP contribution >= 0.6 is 15.9 Å². The van der Waals surface area contributed by atoms with Gasteiger partial charge in [0.05, 0.1) is 5.56 Å². The van der Waals surface area contributed by atoms with Crippen molar-refractivity contribution in [3.8, 4) is 0 Å². The fraction of sp³-hybridized carbons (Fsp3) is 0.571. The highest BCUT2D eigenvalue weighted by molar-refractivity contribution is 9.10. The van der Waals surface area contributed by atoms with Crippen LogP contribution in [0.2, 0.25) is 0 Å². The van der Waals surface area contributed by atoms with Gasteiger partial charge >= 0.3 is 5.97 Å². The Hall–Kier alpha value is -0.900. The Morgan fingerprint density at radius 2 is 2.33 bits per heavy atom. The number of aromatic nitrogens is 1. The van der Waals surface area contributed by atoms with Crippen molar-refractivity contribution in [2.45, 2.75) is 45.1 Å². The van der Waals surface area contributed by atoms with Crippen LogP contribution in [0.5, 0.6) is 0 Å². The van der Waals surface area contributed by atoms with E-state index >= 15 is 0 Å². The van der Waals surface area contributed by atoms with Gasteiger partial charge in [-0.05, 0) is 53.2 Å². The molecule has 0 aromatic carbocycles. The molecule has 0 spiro atoms. The maximum absolute atomic E-state index is 11.9. The first kappa shape index (κ1) is 13.5. The molecule has 4 heteroatoms. The fourth-order valence-corrected chi connectivity index (χ4v) is 2.67. The zero-order chi connectivity index (χ0) is 13.0. The molecule has 1 fully saturated rings. The Kier molecular flexibility index (Phi) is 4.75. The highest BCUT2D eigenvalue weighted by atomic mass is 79.9. The van der Waals surface area contributed by atoms with E-state index in [2.05, 4.69) is 27.8 Å². The minimum absolute atomic E-state index is 0.0832. The van der Waals surface area contributed by atoms with Crippen LogP contribution in [-0.4, -0.2) is 17.1 Å². The lowest BCUT2D eigenvalue weighted by atomic mass is 9.85. The van der Waals surface area contributed by atoms with Crippen LogP contribution in [0, 0.1) is 5.92 Å². The molecular weight excluding hydrogens is 294 g/mol. The third kappa shape index (κ3) is 3.55. The van der Waals surface area contributed by atoms with Crippen LogP contribution in [0.4, 0.5) is 0 Å². The summed E-state index contributed by atoms with van der Waals surface area (Å²) in [5.74, 6) is 0.455. The molecule has 1 aliphatic carbocycles. The SMILES string of the molecule is CCC1CCCC(OC(=O)c2ccc(Br)nc2)C1. The molecule has 2 rings (SSSR count). The Bertz CT molecular complexity index is 405. The lowest BCUT2D eigenvalue weighted by Crippen LogP contribution is -2.25. The first-order valence-corrected chi connectivity index (χ1v) is 7.31. The number of esters is 1. The smallest absolute Gasteiger partial charge is 0.339 e. The van der Waals surface area contributed by atoms with E-state index in [4.69, 9.17) is 4.74 Å². The average molecular weight is 312 g/mol. The summed E-state index contributed by atoms with van der Waals surface area (Å²) in [5.41, 5.74) is 0.525. The average Bonchev–Trinajstić information content (AvgIpc) is 2.39. The summed E-state index contributed by atoms with van der Waals surface area (Å²) in [7, 11) is 0. The second kappa shape index (κ2) is 6.32. The van der Waals surface area contributed by atoms with Crippen molar-refractivity contribution >= 4 is 21.9 Å². The van der Waals surface area contributed by atoms with Crippen LogP contribution in [0.25, 0.3) is 0 Å². The highest BCUT2D eigenvalue weighted by Crippen LogP contribution is 2.28. The third-order valence-electron chi connectivity index (χ3n) is 3.55. The minimum Gasteiger partial charge on any atom is -0.459 e. The van der Waals surface area contributed by atoms with Crippen molar-refractivity contribution in [3.05, 3.63) is 28.5 Å². The molecule has 1 aliphatic rings. The van der Waals surface area contributed by atoms with Gasteiger partial charge in [-0.2, -0.15) is 0 Å². The van der Waals surface area contributed by atoms with E-state index in [1.165, 1.54) is 12.8 Å². The van der Waals surface area contributed by atoms with E-state index in [1.54, 1.807) is 18.3 Å². The monoisotopic (exact) mass is 311 g/mol. The first-order valence-electron chi connectivity index (χ1n) is 6.51. The molecular formula is C14H18BrNO2. The highest BCUT2D eigenvalue weighted by Gasteiger charge is 2.24. The zero-order valence-corrected chi connectivity index (χ0v) is 12.1. The Balaban J connectivity index is 1.92. The van der Waals surface area contributed by atoms with Gasteiger partial charge in [-0.25, -0.2) is 9.78 Å². The van der Waals surface area contributed by atoms with Crippen LogP contribution in [0.15, 0.2) is 22.9 Å². The van der Waals surface area contributed by atoms with Gasteiger partial charge in [0.15, 0.2) is 0 Å². The van der Waals surface area contributed by atoms with Crippen molar-refractivity contribution in [2.75, 3.05) is 0 Å². The molecule has 0 saturated heterocycles. The molecule has 18 heavy (non-hydrogen) atoms. The second-order valence-electron chi connectivity index (χ2n) is 4.84. The molecule has 0 bridgehead atoms. The Labute approximate surface area is 116 Å². The van der Waals surface area contributed by atoms with Crippen molar-refractivity contribution in [1.82, 2.24) is 4.98 Å². The maximum Gasteiger partial charge on any atom is 0.339 e. The van der Waals surface area contributed by atoms with Crippen LogP contribution in [0.1, 0.15) is 49.4 Å². The van der Waals surface area contributed by atoms with Crippen molar-refractivity contribution in [2.24, 2.45) is 5.92 Å². The number of rotatable bonds is 3. The van der Waals surface area contributed by atoms with Gasteiger partial charge in [-0.1, -0.05) is 19.8 Å². The molecule has 0 N–H and O–H groups in total. The molecule has 1 saturated carbocycles. The molecule has 2 atom stereocenters. The number of hydrogen-bond donors (Lipinski definition) is 0. The summed E-state index contributed by atoms with van der Waals surface area (Å²) in [4.78, 5) is 16.0. The van der Waals surface area contributed by atoms with Crippen molar-refractivity contribution < 1.29 is 9.53 Å². The quantitative estimate of drug-likeness (QED) is 0.626. The molecule has 98 valence electrons. The van der Waals surface area contributed by atoms with Gasteiger partial charge in [0.25, 0.3) is 0 Å². The van der Waals surface area contributed by atoms with E-state index in [0.29, 0.717) is 11.5 Å². The Morgan fingerprint density at radius 1 is 1.50 bits per heavy atom. The number of halogens is 1. The van der Waals surface area contributed by atoms with Gasteiger partial charge in [-0.3, -0.25) is 0 Å². The zero-order valence-electron chi connectivity index (χ0n) is 10.6. The molecule has 1 aromatic rings. The predicted molar refractivity (Wildman–Crippen MR) is 73.4 cm³/mol. The van der Waals surface area contributed by atoms with Crippen LogP contribution < -0.4 is 0 Å². The number of carbonyl (C=O) groups excluding carboxylic acids is 1. The second-order valence-corrected chi connectivity index (χ2v) is 5.65. The number of carbonyl (C=O) groups is 1. The fourth-order valence-electron chi connectivity index (χ4n) is 2.44. The van der Waals surface area contributed by atoms with E-state index in [9.17, 15) is 4.79 Å². The van der Waals surface area contributed by atoms with Gasteiger partial charge in [0.1, 0.15) is 10.7 Å². The summed E-state index contributed by atoms with van der Waals surface area (Å²) in [6, 6.07) is 3.49. The normalized spacial score (nSPS) is 23.7. The molecule has 1 aromatic heterocycles. The Morgan fingerprint density at radius 3 is 3.00 bits per heavy atom. The summed E-state index contributed by atoms with van der Waals surface area (Å²) < 4.78 is 6.28. The van der Waals surface area contributed by atoms with E-state index < -0.39 is 0 Å². The molecule has 0 radical (unpaired) electrons. The van der Waals surface area contributed by atoms with Crippen LogP contribution in [-0.2, 0) is 4.74 Å². The number of pyridine rings is 1. The number of nitrogens with zero attached hydrogens (tertiary/aromatic N) is 1. The van der Waals surface area contributed by atoms with Gasteiger partial charge in [-0.15, -0.1) is 0 Å². The molecule has 0 aliphatic heterocycles. The van der Waals surface area contributed by atoms with Gasteiger partial charge < -0.3 is 4.74 Å². The minimum atomic E-state index is -0.253. The van der Waals surface area contributed by atoms with Crippen molar-refractivity contribution in [1.29, 1.82) is 0 Å². The number of hydrogen-bond acceptors (Lipinski definition) is 3. The van der Waals surface area contributed by atoms with Crippen LogP contribution in [0.3, 0.4) is 0 Å².